The molecule has 8 heteroatoms. The summed E-state index contributed by atoms with van der Waals surface area (Å²) < 4.78 is 30.5. The van der Waals surface area contributed by atoms with E-state index in [0.29, 0.717) is 36.0 Å². The lowest BCUT2D eigenvalue weighted by molar-refractivity contribution is -0.113. The highest BCUT2D eigenvalue weighted by Gasteiger charge is 2.26. The molecule has 0 atom stereocenters. The van der Waals surface area contributed by atoms with Gasteiger partial charge in [-0.1, -0.05) is 35.9 Å². The van der Waals surface area contributed by atoms with Gasteiger partial charge in [0.2, 0.25) is 5.91 Å². The minimum Gasteiger partial charge on any atom is -0.496 e. The molecule has 0 unspecified atom stereocenters. The van der Waals surface area contributed by atoms with Gasteiger partial charge in [-0.15, -0.1) is 0 Å². The Balaban J connectivity index is 1.32. The summed E-state index contributed by atoms with van der Waals surface area (Å²) in [6, 6.07) is 19.6. The average Bonchev–Trinajstić information content (AvgIpc) is 2.88. The number of piperidine rings is 1. The van der Waals surface area contributed by atoms with Crippen LogP contribution in [0.25, 0.3) is 0 Å². The fourth-order valence-corrected chi connectivity index (χ4v) is 5.73. The van der Waals surface area contributed by atoms with Crippen LogP contribution in [0.3, 0.4) is 0 Å². The highest BCUT2D eigenvalue weighted by atomic mass is 32.2. The summed E-state index contributed by atoms with van der Waals surface area (Å²) in [4.78, 5) is 27.4. The first-order valence-electron chi connectivity index (χ1n) is 12.3. The Kier molecular flexibility index (Phi) is 7.97. The summed E-state index contributed by atoms with van der Waals surface area (Å²) >= 11 is 0. The summed E-state index contributed by atoms with van der Waals surface area (Å²) in [5.74, 6) is -0.316. The van der Waals surface area contributed by atoms with Crippen LogP contribution in [0, 0.1) is 13.8 Å². The van der Waals surface area contributed by atoms with Crippen molar-refractivity contribution in [2.45, 2.75) is 37.5 Å². The Hall–Kier alpha value is -3.65. The molecular formula is C29H32N2O5S. The molecule has 0 aliphatic carbocycles. The van der Waals surface area contributed by atoms with Gasteiger partial charge in [-0.25, -0.2) is 8.42 Å². The van der Waals surface area contributed by atoms with Crippen molar-refractivity contribution in [1.29, 1.82) is 0 Å². The van der Waals surface area contributed by atoms with Crippen molar-refractivity contribution >= 4 is 27.3 Å². The van der Waals surface area contributed by atoms with E-state index in [4.69, 9.17) is 4.74 Å². The molecular weight excluding hydrogens is 488 g/mol. The van der Waals surface area contributed by atoms with E-state index in [-0.39, 0.29) is 10.8 Å². The largest absolute Gasteiger partial charge is 0.496 e. The molecule has 3 aromatic carbocycles. The zero-order chi connectivity index (χ0) is 26.6. The molecule has 4 rings (SSSR count). The molecule has 1 heterocycles. The second kappa shape index (κ2) is 11.2. The number of likely N-dealkylation sites (tertiary alicyclic amines) is 1. The minimum atomic E-state index is -3.71. The fourth-order valence-electron chi connectivity index (χ4n) is 4.60. The molecule has 0 bridgehead atoms. The van der Waals surface area contributed by atoms with E-state index in [1.807, 2.05) is 49.1 Å². The number of ether oxygens (including phenoxy) is 1. The molecule has 7 nitrogen and oxygen atoms in total. The van der Waals surface area contributed by atoms with E-state index < -0.39 is 21.5 Å². The van der Waals surface area contributed by atoms with Crippen molar-refractivity contribution in [2.75, 3.05) is 31.3 Å². The Morgan fingerprint density at radius 1 is 0.919 bits per heavy atom. The van der Waals surface area contributed by atoms with Crippen LogP contribution in [-0.4, -0.2) is 51.1 Å². The minimum absolute atomic E-state index is 0.0195. The highest BCUT2D eigenvalue weighted by molar-refractivity contribution is 7.92. The summed E-state index contributed by atoms with van der Waals surface area (Å²) in [5, 5.41) is 2.68. The van der Waals surface area contributed by atoms with Gasteiger partial charge in [0, 0.05) is 18.8 Å². The van der Waals surface area contributed by atoms with E-state index in [9.17, 15) is 18.0 Å². The summed E-state index contributed by atoms with van der Waals surface area (Å²) in [6.07, 6.45) is 1.67. The third kappa shape index (κ3) is 6.38. The predicted molar refractivity (Wildman–Crippen MR) is 144 cm³/mol. The topological polar surface area (TPSA) is 92.8 Å². The molecule has 1 aliphatic heterocycles. The van der Waals surface area contributed by atoms with Crippen LogP contribution in [-0.2, 0) is 14.6 Å². The van der Waals surface area contributed by atoms with E-state index in [1.165, 1.54) is 12.1 Å². The standard InChI is InChI=1S/C29H32N2O5S/c1-20-4-11-25(12-5-20)37(34,35)19-28(32)30-24-9-7-22(8-10-24)23-14-16-31(17-15-23)29(33)26-13-6-21(2)18-27(26)36-3/h4-13,18,23H,14-17,19H2,1-3H3,(H,30,32). The molecule has 1 saturated heterocycles. The maximum absolute atomic E-state index is 13.0. The Morgan fingerprint density at radius 3 is 2.16 bits per heavy atom. The third-order valence-electron chi connectivity index (χ3n) is 6.74. The average molecular weight is 521 g/mol. The van der Waals surface area contributed by atoms with Crippen LogP contribution in [0.15, 0.2) is 71.6 Å². The Labute approximate surface area is 218 Å². The number of nitrogens with one attached hydrogen (secondary N) is 1. The molecule has 37 heavy (non-hydrogen) atoms. The molecule has 0 spiro atoms. The number of nitrogens with zero attached hydrogens (tertiary/aromatic N) is 1. The first-order chi connectivity index (χ1) is 17.7. The van der Waals surface area contributed by atoms with Gasteiger partial charge in [0.1, 0.15) is 11.5 Å². The van der Waals surface area contributed by atoms with Crippen LogP contribution in [0.4, 0.5) is 5.69 Å². The molecule has 3 aromatic rings. The highest BCUT2D eigenvalue weighted by Crippen LogP contribution is 2.31. The molecule has 194 valence electrons. The van der Waals surface area contributed by atoms with Gasteiger partial charge in [-0.3, -0.25) is 9.59 Å². The second-order valence-electron chi connectivity index (χ2n) is 9.51. The first-order valence-corrected chi connectivity index (χ1v) is 13.9. The Bertz CT molecular complexity index is 1370. The number of hydrogen-bond donors (Lipinski definition) is 1. The normalized spacial score (nSPS) is 14.3. The first kappa shape index (κ1) is 26.4. The van der Waals surface area contributed by atoms with Gasteiger partial charge in [-0.2, -0.15) is 0 Å². The summed E-state index contributed by atoms with van der Waals surface area (Å²) in [7, 11) is -2.14. The number of carbonyl (C=O) groups is 2. The number of rotatable bonds is 7. The van der Waals surface area contributed by atoms with Gasteiger partial charge in [-0.05, 0) is 80.1 Å². The monoisotopic (exact) mass is 520 g/mol. The van der Waals surface area contributed by atoms with Crippen LogP contribution in [0.5, 0.6) is 5.75 Å². The number of amides is 2. The van der Waals surface area contributed by atoms with Gasteiger partial charge >= 0.3 is 0 Å². The van der Waals surface area contributed by atoms with E-state index >= 15 is 0 Å². The van der Waals surface area contributed by atoms with Crippen molar-refractivity contribution < 1.29 is 22.7 Å². The number of methoxy groups -OCH3 is 1. The van der Waals surface area contributed by atoms with Gasteiger partial charge in [0.05, 0.1) is 17.6 Å². The molecule has 2 amide bonds. The lowest BCUT2D eigenvalue weighted by Gasteiger charge is -2.32. The lowest BCUT2D eigenvalue weighted by atomic mass is 9.89. The summed E-state index contributed by atoms with van der Waals surface area (Å²) in [5.41, 5.74) is 4.25. The van der Waals surface area contributed by atoms with Gasteiger partial charge in [0.15, 0.2) is 9.84 Å². The number of benzene rings is 3. The number of carbonyl (C=O) groups excluding carboxylic acids is 2. The summed E-state index contributed by atoms with van der Waals surface area (Å²) in [6.45, 7) is 5.14. The van der Waals surface area contributed by atoms with Crippen molar-refractivity contribution in [2.24, 2.45) is 0 Å². The predicted octanol–water partition coefficient (Wildman–Crippen LogP) is 4.74. The smallest absolute Gasteiger partial charge is 0.257 e. The quantitative estimate of drug-likeness (QED) is 0.486. The molecule has 0 radical (unpaired) electrons. The lowest BCUT2D eigenvalue weighted by Crippen LogP contribution is -2.38. The zero-order valence-electron chi connectivity index (χ0n) is 21.4. The maximum Gasteiger partial charge on any atom is 0.257 e. The number of hydrogen-bond acceptors (Lipinski definition) is 5. The van der Waals surface area contributed by atoms with Gasteiger partial charge < -0.3 is 15.0 Å². The third-order valence-corrected chi connectivity index (χ3v) is 8.37. The van der Waals surface area contributed by atoms with Crippen molar-refractivity contribution in [1.82, 2.24) is 4.90 Å². The van der Waals surface area contributed by atoms with Crippen LogP contribution >= 0.6 is 0 Å². The molecule has 0 saturated carbocycles. The molecule has 1 N–H and O–H groups in total. The van der Waals surface area contributed by atoms with Crippen molar-refractivity contribution in [3.63, 3.8) is 0 Å². The van der Waals surface area contributed by atoms with Crippen LogP contribution in [0.1, 0.15) is 45.8 Å². The SMILES string of the molecule is COc1cc(C)ccc1C(=O)N1CCC(c2ccc(NC(=O)CS(=O)(=O)c3ccc(C)cc3)cc2)CC1. The second-order valence-corrected chi connectivity index (χ2v) is 11.5. The van der Waals surface area contributed by atoms with Crippen LogP contribution < -0.4 is 10.1 Å². The number of sulfone groups is 1. The zero-order valence-corrected chi connectivity index (χ0v) is 22.2. The van der Waals surface area contributed by atoms with E-state index in [1.54, 1.807) is 31.4 Å². The van der Waals surface area contributed by atoms with Gasteiger partial charge in [0.25, 0.3) is 5.91 Å². The maximum atomic E-state index is 13.0. The fraction of sp³-hybridized carbons (Fsp3) is 0.310. The van der Waals surface area contributed by atoms with Crippen LogP contribution in [0.2, 0.25) is 0 Å². The van der Waals surface area contributed by atoms with Crippen molar-refractivity contribution in [3.05, 3.63) is 89.0 Å². The molecule has 0 aromatic heterocycles. The van der Waals surface area contributed by atoms with E-state index in [0.717, 1.165) is 29.5 Å². The Morgan fingerprint density at radius 2 is 1.54 bits per heavy atom. The molecule has 1 aliphatic rings. The van der Waals surface area contributed by atoms with E-state index in [2.05, 4.69) is 5.32 Å². The molecule has 1 fully saturated rings. The van der Waals surface area contributed by atoms with Crippen molar-refractivity contribution in [3.8, 4) is 5.75 Å². The number of aryl methyl sites for hydroxylation is 2. The number of anilines is 1.